The quantitative estimate of drug-likeness (QED) is 0.616. The summed E-state index contributed by atoms with van der Waals surface area (Å²) >= 11 is 0. The van der Waals surface area contributed by atoms with Crippen molar-refractivity contribution in [3.05, 3.63) is 35.7 Å². The second-order valence-electron chi connectivity index (χ2n) is 4.38. The van der Waals surface area contributed by atoms with E-state index < -0.39 is 0 Å². The first-order valence-corrected chi connectivity index (χ1v) is 5.81. The van der Waals surface area contributed by atoms with Gasteiger partial charge in [-0.1, -0.05) is 23.4 Å². The monoisotopic (exact) mass is 259 g/mol. The minimum Gasteiger partial charge on any atom is -0.361 e. The Morgan fingerprint density at radius 2 is 1.95 bits per heavy atom. The molecule has 98 valence electrons. The molecule has 0 fully saturated rings. The third-order valence-electron chi connectivity index (χ3n) is 3.16. The summed E-state index contributed by atoms with van der Waals surface area (Å²) in [6.45, 7) is 3.59. The molecule has 6 heteroatoms. The summed E-state index contributed by atoms with van der Waals surface area (Å²) in [5.41, 5.74) is 3.08. The average Bonchev–Trinajstić information content (AvgIpc) is 2.89. The summed E-state index contributed by atoms with van der Waals surface area (Å²) in [6, 6.07) is 7.38. The molecule has 3 rings (SSSR count). The topological polar surface area (TPSA) is 85.5 Å². The number of hydrogen-bond acceptors (Lipinski definition) is 5. The molecule has 1 aromatic carbocycles. The molecule has 3 aromatic rings. The minimum atomic E-state index is 0.125. The van der Waals surface area contributed by atoms with Crippen LogP contribution in [-0.4, -0.2) is 20.6 Å². The third kappa shape index (κ3) is 1.69. The number of anilines is 1. The van der Waals surface area contributed by atoms with Gasteiger partial charge in [0.2, 0.25) is 0 Å². The predicted octanol–water partition coefficient (Wildman–Crippen LogP) is 3.02. The number of aromatic nitrogens is 2. The Hall–Kier alpha value is -2.31. The number of para-hydroxylation sites is 1. The van der Waals surface area contributed by atoms with E-state index in [4.69, 9.17) is 4.52 Å². The van der Waals surface area contributed by atoms with Gasteiger partial charge in [0.1, 0.15) is 11.4 Å². The van der Waals surface area contributed by atoms with Crippen LogP contribution in [0.1, 0.15) is 11.5 Å². The largest absolute Gasteiger partial charge is 0.361 e. The van der Waals surface area contributed by atoms with E-state index in [9.17, 15) is 10.4 Å². The molecular weight excluding hydrogens is 246 g/mol. The van der Waals surface area contributed by atoms with Gasteiger partial charge < -0.3 is 9.51 Å². The zero-order chi connectivity index (χ0) is 13.6. The molecule has 0 bridgehead atoms. The fraction of sp³-hybridized carbons (Fsp3) is 0.154. The molecule has 2 heterocycles. The van der Waals surface area contributed by atoms with Crippen molar-refractivity contribution in [1.29, 1.82) is 0 Å². The smallest absolute Gasteiger partial charge is 0.143 e. The van der Waals surface area contributed by atoms with Gasteiger partial charge in [-0.3, -0.25) is 10.4 Å². The fourth-order valence-electron chi connectivity index (χ4n) is 2.36. The molecule has 0 amide bonds. The van der Waals surface area contributed by atoms with Crippen molar-refractivity contribution < 1.29 is 14.9 Å². The van der Waals surface area contributed by atoms with Crippen LogP contribution in [0.3, 0.4) is 0 Å². The standard InChI is InChI=1S/C13H13N3O3/c1-7-11(8(2)19-15-7)12-13(16(17)18)9-5-3-4-6-10(9)14-12/h3-6,14,17-18H,1-2H3. The van der Waals surface area contributed by atoms with Gasteiger partial charge in [-0.25, -0.2) is 0 Å². The van der Waals surface area contributed by atoms with Crippen LogP contribution in [0.15, 0.2) is 28.8 Å². The first-order valence-electron chi connectivity index (χ1n) is 5.81. The normalized spacial score (nSPS) is 11.2. The van der Waals surface area contributed by atoms with Gasteiger partial charge in [0.15, 0.2) is 0 Å². The number of nitrogens with one attached hydrogen (secondary N) is 1. The zero-order valence-corrected chi connectivity index (χ0v) is 10.5. The summed E-state index contributed by atoms with van der Waals surface area (Å²) in [4.78, 5) is 3.17. The van der Waals surface area contributed by atoms with Crippen LogP contribution in [0, 0.1) is 13.8 Å². The molecule has 19 heavy (non-hydrogen) atoms. The number of aryl methyl sites for hydroxylation is 2. The highest BCUT2D eigenvalue weighted by molar-refractivity contribution is 6.01. The third-order valence-corrected chi connectivity index (χ3v) is 3.16. The van der Waals surface area contributed by atoms with Crippen LogP contribution in [0.25, 0.3) is 22.2 Å². The predicted molar refractivity (Wildman–Crippen MR) is 69.3 cm³/mol. The highest BCUT2D eigenvalue weighted by Crippen LogP contribution is 2.39. The summed E-state index contributed by atoms with van der Waals surface area (Å²) in [5.74, 6) is 0.618. The highest BCUT2D eigenvalue weighted by Gasteiger charge is 2.22. The number of hydrogen-bond donors (Lipinski definition) is 3. The zero-order valence-electron chi connectivity index (χ0n) is 10.5. The van der Waals surface area contributed by atoms with Crippen molar-refractivity contribution in [2.45, 2.75) is 13.8 Å². The van der Waals surface area contributed by atoms with Crippen LogP contribution in [0.2, 0.25) is 0 Å². The number of rotatable bonds is 2. The van der Waals surface area contributed by atoms with Crippen LogP contribution in [0.5, 0.6) is 0 Å². The number of H-pyrrole nitrogens is 1. The lowest BCUT2D eigenvalue weighted by molar-refractivity contribution is 0.0303. The van der Waals surface area contributed by atoms with E-state index in [-0.39, 0.29) is 10.9 Å². The van der Waals surface area contributed by atoms with Crippen molar-refractivity contribution in [3.8, 4) is 11.3 Å². The lowest BCUT2D eigenvalue weighted by Crippen LogP contribution is -2.11. The Morgan fingerprint density at radius 3 is 2.58 bits per heavy atom. The van der Waals surface area contributed by atoms with Crippen molar-refractivity contribution in [2.24, 2.45) is 0 Å². The van der Waals surface area contributed by atoms with Crippen molar-refractivity contribution >= 4 is 16.6 Å². The molecule has 0 unspecified atom stereocenters. The number of aromatic amines is 1. The lowest BCUT2D eigenvalue weighted by atomic mass is 10.1. The molecule has 6 nitrogen and oxygen atoms in total. The Morgan fingerprint density at radius 1 is 1.21 bits per heavy atom. The molecule has 0 aliphatic heterocycles. The van der Waals surface area contributed by atoms with E-state index in [1.165, 1.54) is 0 Å². The fourth-order valence-corrected chi connectivity index (χ4v) is 2.36. The lowest BCUT2D eigenvalue weighted by Gasteiger charge is -2.09. The van der Waals surface area contributed by atoms with Gasteiger partial charge >= 0.3 is 0 Å². The second kappa shape index (κ2) is 4.11. The van der Waals surface area contributed by atoms with Crippen LogP contribution in [-0.2, 0) is 0 Å². The molecule has 0 aliphatic rings. The summed E-state index contributed by atoms with van der Waals surface area (Å²) < 4.78 is 5.13. The Bertz CT molecular complexity index is 723. The van der Waals surface area contributed by atoms with Gasteiger partial charge in [-0.05, 0) is 19.9 Å². The Balaban J connectivity index is 2.38. The van der Waals surface area contributed by atoms with Gasteiger partial charge in [-0.15, -0.1) is 5.23 Å². The summed E-state index contributed by atoms with van der Waals surface area (Å²) in [7, 11) is 0. The molecule has 0 atom stereocenters. The highest BCUT2D eigenvalue weighted by atomic mass is 16.8. The van der Waals surface area contributed by atoms with Gasteiger partial charge in [0.25, 0.3) is 0 Å². The molecule has 0 saturated carbocycles. The molecule has 0 aliphatic carbocycles. The first-order chi connectivity index (χ1) is 9.09. The minimum absolute atomic E-state index is 0.125. The van der Waals surface area contributed by atoms with Crippen molar-refractivity contribution in [2.75, 3.05) is 5.23 Å². The summed E-state index contributed by atoms with van der Waals surface area (Å²) in [5, 5.41) is 23.7. The Kier molecular flexibility index (Phi) is 2.55. The van der Waals surface area contributed by atoms with Gasteiger partial charge in [-0.2, -0.15) is 0 Å². The summed E-state index contributed by atoms with van der Waals surface area (Å²) in [6.07, 6.45) is 0. The van der Waals surface area contributed by atoms with Crippen molar-refractivity contribution in [1.82, 2.24) is 10.1 Å². The van der Waals surface area contributed by atoms with Crippen molar-refractivity contribution in [3.63, 3.8) is 0 Å². The Labute approximate surface area is 108 Å². The second-order valence-corrected chi connectivity index (χ2v) is 4.38. The molecule has 0 spiro atoms. The number of nitrogens with zero attached hydrogens (tertiary/aromatic N) is 2. The van der Waals surface area contributed by atoms with E-state index in [0.29, 0.717) is 22.5 Å². The molecule has 2 aromatic heterocycles. The maximum absolute atomic E-state index is 9.49. The maximum Gasteiger partial charge on any atom is 0.143 e. The molecule has 0 saturated heterocycles. The van der Waals surface area contributed by atoms with E-state index in [1.54, 1.807) is 13.8 Å². The van der Waals surface area contributed by atoms with E-state index in [2.05, 4.69) is 10.1 Å². The molecule has 0 radical (unpaired) electrons. The molecule has 3 N–H and O–H groups in total. The SMILES string of the molecule is Cc1noc(C)c1-c1[nH]c2ccccc2c1N(O)O. The average molecular weight is 259 g/mol. The van der Waals surface area contributed by atoms with Crippen LogP contribution >= 0.6 is 0 Å². The van der Waals surface area contributed by atoms with Crippen LogP contribution < -0.4 is 5.23 Å². The first kappa shape index (κ1) is 11.8. The van der Waals surface area contributed by atoms with Crippen LogP contribution in [0.4, 0.5) is 5.69 Å². The molecular formula is C13H13N3O3. The number of benzene rings is 1. The van der Waals surface area contributed by atoms with Gasteiger partial charge in [0, 0.05) is 10.9 Å². The van der Waals surface area contributed by atoms with Gasteiger partial charge in [0.05, 0.1) is 17.0 Å². The van der Waals surface area contributed by atoms with E-state index in [0.717, 1.165) is 11.1 Å². The van der Waals surface area contributed by atoms with E-state index in [1.807, 2.05) is 24.3 Å². The number of fused-ring (bicyclic) bond motifs is 1. The van der Waals surface area contributed by atoms with E-state index >= 15 is 0 Å². The maximum atomic E-state index is 9.49.